The molecule has 2 aromatic carbocycles. The van der Waals surface area contributed by atoms with Gasteiger partial charge in [-0.3, -0.25) is 14.4 Å². The topological polar surface area (TPSA) is 113 Å². The maximum absolute atomic E-state index is 13.3. The van der Waals surface area contributed by atoms with Gasteiger partial charge in [0.1, 0.15) is 11.5 Å². The zero-order valence-corrected chi connectivity index (χ0v) is 19.8. The average molecular weight is 480 g/mol. The lowest BCUT2D eigenvalue weighted by atomic mass is 9.94. The Labute approximate surface area is 204 Å². The van der Waals surface area contributed by atoms with Crippen molar-refractivity contribution >= 4 is 23.7 Å². The van der Waals surface area contributed by atoms with Crippen LogP contribution in [0.3, 0.4) is 0 Å². The number of aliphatic carboxylic acids is 1. The van der Waals surface area contributed by atoms with E-state index in [-0.39, 0.29) is 18.5 Å². The van der Waals surface area contributed by atoms with Gasteiger partial charge in [-0.05, 0) is 36.6 Å². The number of hydrogen-bond acceptors (Lipinski definition) is 6. The van der Waals surface area contributed by atoms with Crippen LogP contribution in [0.5, 0.6) is 11.5 Å². The first-order chi connectivity index (χ1) is 16.9. The first-order valence-electron chi connectivity index (χ1n) is 11.3. The Morgan fingerprint density at radius 2 is 1.77 bits per heavy atom. The number of ketones is 1. The van der Waals surface area contributed by atoms with E-state index in [9.17, 15) is 19.5 Å². The van der Waals surface area contributed by atoms with Gasteiger partial charge in [0.05, 0.1) is 25.8 Å². The Morgan fingerprint density at radius 1 is 1.03 bits per heavy atom. The molecule has 1 aliphatic rings. The summed E-state index contributed by atoms with van der Waals surface area (Å²) in [6.07, 6.45) is 4.58. The number of unbranched alkanes of at least 4 members (excludes halogenated alkanes) is 2. The van der Waals surface area contributed by atoms with E-state index in [1.54, 1.807) is 24.3 Å². The smallest absolute Gasteiger partial charge is 0.303 e. The minimum Gasteiger partial charge on any atom is -0.503 e. The van der Waals surface area contributed by atoms with Crippen LogP contribution in [-0.2, 0) is 14.4 Å². The lowest BCUT2D eigenvalue weighted by Crippen LogP contribution is -2.32. The van der Waals surface area contributed by atoms with Crippen molar-refractivity contribution in [2.24, 2.45) is 0 Å². The maximum atomic E-state index is 13.3. The van der Waals surface area contributed by atoms with E-state index in [1.807, 2.05) is 30.3 Å². The van der Waals surface area contributed by atoms with Crippen LogP contribution in [0.15, 0.2) is 65.9 Å². The molecule has 1 amide bonds. The molecule has 1 aliphatic heterocycles. The van der Waals surface area contributed by atoms with Gasteiger partial charge >= 0.3 is 5.97 Å². The minimum atomic E-state index is -0.875. The van der Waals surface area contributed by atoms with Crippen LogP contribution in [0.2, 0.25) is 0 Å². The van der Waals surface area contributed by atoms with Crippen molar-refractivity contribution in [1.82, 2.24) is 4.90 Å². The van der Waals surface area contributed by atoms with Crippen molar-refractivity contribution in [1.29, 1.82) is 0 Å². The van der Waals surface area contributed by atoms with Gasteiger partial charge in [-0.1, -0.05) is 42.8 Å². The van der Waals surface area contributed by atoms with Gasteiger partial charge in [0.15, 0.2) is 11.5 Å². The first-order valence-corrected chi connectivity index (χ1v) is 11.3. The van der Waals surface area contributed by atoms with Gasteiger partial charge < -0.3 is 24.6 Å². The molecule has 3 rings (SSSR count). The number of carbonyl (C=O) groups is 3. The molecule has 0 aromatic heterocycles. The Bertz CT molecular complexity index is 1140. The second kappa shape index (κ2) is 11.9. The highest BCUT2D eigenvalue weighted by Gasteiger charge is 2.43. The normalized spacial score (nSPS) is 15.7. The fourth-order valence-corrected chi connectivity index (χ4v) is 4.06. The van der Waals surface area contributed by atoms with Crippen molar-refractivity contribution in [3.63, 3.8) is 0 Å². The van der Waals surface area contributed by atoms with Crippen LogP contribution >= 0.6 is 0 Å². The van der Waals surface area contributed by atoms with Crippen LogP contribution in [0.4, 0.5) is 0 Å². The minimum absolute atomic E-state index is 0.0313. The quantitative estimate of drug-likeness (QED) is 0.344. The zero-order valence-electron chi connectivity index (χ0n) is 19.8. The number of carboxylic acid groups (broad SMARTS) is 1. The van der Waals surface area contributed by atoms with Crippen molar-refractivity contribution in [3.05, 3.63) is 77.1 Å². The lowest BCUT2D eigenvalue weighted by Gasteiger charge is -2.28. The second-order valence-electron chi connectivity index (χ2n) is 8.08. The number of methoxy groups -OCH3 is 2. The van der Waals surface area contributed by atoms with E-state index in [0.717, 1.165) is 5.56 Å². The van der Waals surface area contributed by atoms with Crippen LogP contribution in [0.1, 0.15) is 42.9 Å². The Hall–Kier alpha value is -4.07. The fourth-order valence-electron chi connectivity index (χ4n) is 4.06. The average Bonchev–Trinajstić information content (AvgIpc) is 3.12. The number of benzene rings is 2. The number of aliphatic hydroxyl groups is 1. The summed E-state index contributed by atoms with van der Waals surface area (Å²) >= 11 is 0. The summed E-state index contributed by atoms with van der Waals surface area (Å²) in [5.41, 5.74) is 1.31. The first kappa shape index (κ1) is 25.6. The van der Waals surface area contributed by atoms with Gasteiger partial charge in [-0.15, -0.1) is 0 Å². The molecule has 0 aliphatic carbocycles. The maximum Gasteiger partial charge on any atom is 0.303 e. The summed E-state index contributed by atoms with van der Waals surface area (Å²) in [5, 5.41) is 19.6. The number of aliphatic hydroxyl groups excluding tert-OH is 1. The van der Waals surface area contributed by atoms with E-state index in [1.165, 1.54) is 25.2 Å². The van der Waals surface area contributed by atoms with Crippen molar-refractivity contribution < 1.29 is 34.1 Å². The van der Waals surface area contributed by atoms with Crippen LogP contribution < -0.4 is 9.47 Å². The summed E-state index contributed by atoms with van der Waals surface area (Å²) in [4.78, 5) is 38.5. The SMILES string of the molecule is COc1ccc([C@@H]2C(C(=O)/C=C/c3ccccc3)=C(O)C(=O)N2CCCCCC(=O)O)c(OC)c1. The summed E-state index contributed by atoms with van der Waals surface area (Å²) in [6, 6.07) is 13.4. The number of rotatable bonds is 12. The third kappa shape index (κ3) is 6.09. The van der Waals surface area contributed by atoms with Gasteiger partial charge in [0.2, 0.25) is 0 Å². The molecule has 0 saturated heterocycles. The molecule has 1 atom stereocenters. The zero-order chi connectivity index (χ0) is 25.4. The molecular weight excluding hydrogens is 450 g/mol. The molecule has 8 nitrogen and oxygen atoms in total. The van der Waals surface area contributed by atoms with Gasteiger partial charge in [-0.2, -0.15) is 0 Å². The Morgan fingerprint density at radius 3 is 2.43 bits per heavy atom. The molecule has 0 fully saturated rings. The monoisotopic (exact) mass is 479 g/mol. The number of carbonyl (C=O) groups excluding carboxylic acids is 2. The van der Waals surface area contributed by atoms with Gasteiger partial charge in [0, 0.05) is 24.6 Å². The third-order valence-corrected chi connectivity index (χ3v) is 5.82. The highest BCUT2D eigenvalue weighted by molar-refractivity contribution is 6.14. The summed E-state index contributed by atoms with van der Waals surface area (Å²) < 4.78 is 10.8. The molecule has 2 N–H and O–H groups in total. The molecule has 2 aromatic rings. The molecule has 8 heteroatoms. The van der Waals surface area contributed by atoms with E-state index in [4.69, 9.17) is 14.6 Å². The highest BCUT2D eigenvalue weighted by atomic mass is 16.5. The van der Waals surface area contributed by atoms with E-state index < -0.39 is 29.5 Å². The number of hydrogen-bond donors (Lipinski definition) is 2. The van der Waals surface area contributed by atoms with Crippen LogP contribution in [-0.4, -0.2) is 53.5 Å². The summed E-state index contributed by atoms with van der Waals surface area (Å²) in [6.45, 7) is 0.238. The van der Waals surface area contributed by atoms with Crippen molar-refractivity contribution in [3.8, 4) is 11.5 Å². The number of nitrogens with zero attached hydrogens (tertiary/aromatic N) is 1. The molecule has 35 heavy (non-hydrogen) atoms. The molecule has 1 heterocycles. The van der Waals surface area contributed by atoms with Crippen molar-refractivity contribution in [2.75, 3.05) is 20.8 Å². The van der Waals surface area contributed by atoms with E-state index in [2.05, 4.69) is 0 Å². The largest absolute Gasteiger partial charge is 0.503 e. The second-order valence-corrected chi connectivity index (χ2v) is 8.08. The van der Waals surface area contributed by atoms with Crippen LogP contribution in [0.25, 0.3) is 6.08 Å². The van der Waals surface area contributed by atoms with E-state index in [0.29, 0.717) is 36.3 Å². The number of ether oxygens (including phenoxy) is 2. The summed E-state index contributed by atoms with van der Waals surface area (Å²) in [7, 11) is 3.00. The number of amides is 1. The fraction of sp³-hybridized carbons (Fsp3) is 0.296. The molecular formula is C27H29NO7. The third-order valence-electron chi connectivity index (χ3n) is 5.82. The predicted octanol–water partition coefficient (Wildman–Crippen LogP) is 4.33. The summed E-state index contributed by atoms with van der Waals surface area (Å²) in [5.74, 6) is -1.66. The van der Waals surface area contributed by atoms with E-state index >= 15 is 0 Å². The standard InChI is InChI=1S/C27H29NO7/c1-34-19-13-14-20(22(17-19)35-2)25-24(21(29)15-12-18-9-5-3-6-10-18)26(32)27(33)28(25)16-8-4-7-11-23(30)31/h3,5-6,9-10,12-15,17,25,32H,4,7-8,11,16H2,1-2H3,(H,30,31)/b15-12+/t25-/m1/s1. The lowest BCUT2D eigenvalue weighted by molar-refractivity contribution is -0.137. The molecule has 0 spiro atoms. The van der Waals surface area contributed by atoms with Crippen molar-refractivity contribution in [2.45, 2.75) is 31.7 Å². The van der Waals surface area contributed by atoms with Crippen LogP contribution in [0, 0.1) is 0 Å². The molecule has 0 saturated carbocycles. The molecule has 0 unspecified atom stereocenters. The molecule has 0 bridgehead atoms. The highest BCUT2D eigenvalue weighted by Crippen LogP contribution is 2.42. The van der Waals surface area contributed by atoms with Gasteiger partial charge in [-0.25, -0.2) is 0 Å². The predicted molar refractivity (Wildman–Crippen MR) is 130 cm³/mol. The van der Waals surface area contributed by atoms with Gasteiger partial charge in [0.25, 0.3) is 5.91 Å². The number of allylic oxidation sites excluding steroid dienone is 1. The Balaban J connectivity index is 1.95. The molecule has 184 valence electrons. The molecule has 0 radical (unpaired) electrons. The Kier molecular flexibility index (Phi) is 8.67. The number of carboxylic acids is 1.